The molecule has 3 N–H and O–H groups in total. The largest absolute Gasteiger partial charge is 0.466 e. The average molecular weight is 505 g/mol. The topological polar surface area (TPSA) is 81.9 Å². The zero-order chi connectivity index (χ0) is 19.6. The van der Waals surface area contributed by atoms with E-state index in [2.05, 4.69) is 34.7 Å². The summed E-state index contributed by atoms with van der Waals surface area (Å²) >= 11 is 0. The summed E-state index contributed by atoms with van der Waals surface area (Å²) in [5.74, 6) is 2.83. The fraction of sp³-hybridized carbons (Fsp3) is 0.700. The summed E-state index contributed by atoms with van der Waals surface area (Å²) in [6.45, 7) is 12.6. The minimum absolute atomic E-state index is 0. The number of piperidine rings is 1. The van der Waals surface area contributed by atoms with E-state index >= 15 is 0 Å². The van der Waals surface area contributed by atoms with Crippen molar-refractivity contribution in [3.63, 3.8) is 0 Å². The number of guanidine groups is 1. The molecule has 1 aliphatic rings. The summed E-state index contributed by atoms with van der Waals surface area (Å²) in [6, 6.07) is 2.43. The first-order valence-electron chi connectivity index (χ1n) is 10.1. The number of rotatable bonds is 8. The maximum absolute atomic E-state index is 11.9. The normalized spacial score (nSPS) is 15.8. The van der Waals surface area contributed by atoms with E-state index in [0.29, 0.717) is 19.1 Å². The van der Waals surface area contributed by atoms with E-state index in [1.165, 1.54) is 0 Å². The molecule has 0 unspecified atom stereocenters. The lowest BCUT2D eigenvalue weighted by Gasteiger charge is -2.32. The number of carbonyl (C=O) groups is 1. The molecular formula is C20H36IN5O2. The first-order chi connectivity index (χ1) is 13.0. The molecule has 1 saturated heterocycles. The highest BCUT2D eigenvalue weighted by Gasteiger charge is 2.21. The van der Waals surface area contributed by atoms with E-state index in [9.17, 15) is 4.79 Å². The van der Waals surface area contributed by atoms with Gasteiger partial charge in [-0.25, -0.2) is 4.99 Å². The third-order valence-electron chi connectivity index (χ3n) is 4.76. The van der Waals surface area contributed by atoms with Crippen LogP contribution in [0.3, 0.4) is 0 Å². The molecule has 0 radical (unpaired) electrons. The summed E-state index contributed by atoms with van der Waals surface area (Å²) in [5.41, 5.74) is 1.12. The molecule has 2 rings (SSSR count). The summed E-state index contributed by atoms with van der Waals surface area (Å²) in [7, 11) is 0. The maximum Gasteiger partial charge on any atom is 0.234 e. The highest BCUT2D eigenvalue weighted by Crippen LogP contribution is 2.15. The molecule has 7 nitrogen and oxygen atoms in total. The number of nitrogens with one attached hydrogen (secondary N) is 3. The molecule has 0 spiro atoms. The molecule has 1 aromatic heterocycles. The van der Waals surface area contributed by atoms with Gasteiger partial charge in [-0.15, -0.1) is 24.0 Å². The molecule has 160 valence electrons. The predicted octanol–water partition coefficient (Wildman–Crippen LogP) is 2.56. The fourth-order valence-electron chi connectivity index (χ4n) is 3.28. The van der Waals surface area contributed by atoms with Gasteiger partial charge < -0.3 is 20.4 Å². The van der Waals surface area contributed by atoms with E-state index in [1.54, 1.807) is 0 Å². The van der Waals surface area contributed by atoms with Gasteiger partial charge in [0.1, 0.15) is 11.5 Å². The molecule has 1 aliphatic heterocycles. The van der Waals surface area contributed by atoms with Crippen LogP contribution in [0.5, 0.6) is 0 Å². The number of halogens is 1. The molecule has 1 fully saturated rings. The third kappa shape index (κ3) is 8.38. The van der Waals surface area contributed by atoms with Crippen molar-refractivity contribution in [1.29, 1.82) is 0 Å². The lowest BCUT2D eigenvalue weighted by molar-refractivity contribution is -0.122. The Morgan fingerprint density at radius 2 is 1.96 bits per heavy atom. The SMILES string of the molecule is CCCNC(=O)CN1CCC(NC(=NCc2cc(C)oc2C)NCC)CC1.I. The second-order valence-electron chi connectivity index (χ2n) is 7.18. The molecule has 0 aromatic carbocycles. The van der Waals surface area contributed by atoms with Gasteiger partial charge in [0.25, 0.3) is 0 Å². The number of aryl methyl sites for hydroxylation is 2. The summed E-state index contributed by atoms with van der Waals surface area (Å²) in [4.78, 5) is 18.8. The molecule has 0 bridgehead atoms. The highest BCUT2D eigenvalue weighted by molar-refractivity contribution is 14.0. The first kappa shape index (κ1) is 24.7. The van der Waals surface area contributed by atoms with Crippen molar-refractivity contribution < 1.29 is 9.21 Å². The number of hydrogen-bond acceptors (Lipinski definition) is 4. The summed E-state index contributed by atoms with van der Waals surface area (Å²) in [5, 5.41) is 9.81. The van der Waals surface area contributed by atoms with Gasteiger partial charge in [0.05, 0.1) is 13.1 Å². The van der Waals surface area contributed by atoms with Gasteiger partial charge in [-0.05, 0) is 46.1 Å². The molecule has 2 heterocycles. The molecule has 8 heteroatoms. The Balaban J connectivity index is 0.00000392. The van der Waals surface area contributed by atoms with Crippen LogP contribution in [0.2, 0.25) is 0 Å². The van der Waals surface area contributed by atoms with Crippen molar-refractivity contribution in [3.05, 3.63) is 23.2 Å². The van der Waals surface area contributed by atoms with Gasteiger partial charge in [-0.3, -0.25) is 9.69 Å². The summed E-state index contributed by atoms with van der Waals surface area (Å²) < 4.78 is 5.58. The van der Waals surface area contributed by atoms with Crippen molar-refractivity contribution in [3.8, 4) is 0 Å². The molecule has 28 heavy (non-hydrogen) atoms. The number of hydrogen-bond donors (Lipinski definition) is 3. The number of carbonyl (C=O) groups excluding carboxylic acids is 1. The first-order valence-corrected chi connectivity index (χ1v) is 10.1. The Morgan fingerprint density at radius 3 is 2.54 bits per heavy atom. The Bertz CT molecular complexity index is 624. The number of nitrogens with zero attached hydrogens (tertiary/aromatic N) is 2. The average Bonchev–Trinajstić information content (AvgIpc) is 2.97. The number of aliphatic imine (C=N–C) groups is 1. The van der Waals surface area contributed by atoms with E-state index in [-0.39, 0.29) is 29.9 Å². The fourth-order valence-corrected chi connectivity index (χ4v) is 3.28. The Kier molecular flexibility index (Phi) is 11.5. The predicted molar refractivity (Wildman–Crippen MR) is 124 cm³/mol. The van der Waals surface area contributed by atoms with Crippen molar-refractivity contribution >= 4 is 35.8 Å². The van der Waals surface area contributed by atoms with Crippen LogP contribution in [0.15, 0.2) is 15.5 Å². The zero-order valence-corrected chi connectivity index (χ0v) is 20.0. The maximum atomic E-state index is 11.9. The monoisotopic (exact) mass is 505 g/mol. The van der Waals surface area contributed by atoms with Crippen LogP contribution in [0.25, 0.3) is 0 Å². The standard InChI is InChI=1S/C20H35N5O2.HI/c1-5-9-22-19(26)14-25-10-7-18(8-11-25)24-20(21-6-2)23-13-17-12-15(3)27-16(17)4;/h12,18H,5-11,13-14H2,1-4H3,(H,22,26)(H2,21,23,24);1H. The Labute approximate surface area is 186 Å². The van der Waals surface area contributed by atoms with Crippen molar-refractivity contribution in [2.24, 2.45) is 4.99 Å². The van der Waals surface area contributed by atoms with E-state index < -0.39 is 0 Å². The van der Waals surface area contributed by atoms with E-state index in [1.807, 2.05) is 19.9 Å². The third-order valence-corrected chi connectivity index (χ3v) is 4.76. The second kappa shape index (κ2) is 13.0. The second-order valence-corrected chi connectivity index (χ2v) is 7.18. The minimum Gasteiger partial charge on any atom is -0.466 e. The smallest absolute Gasteiger partial charge is 0.234 e. The molecule has 0 atom stereocenters. The van der Waals surface area contributed by atoms with Gasteiger partial charge in [0, 0.05) is 37.8 Å². The van der Waals surface area contributed by atoms with Gasteiger partial charge in [0.2, 0.25) is 5.91 Å². The van der Waals surface area contributed by atoms with Gasteiger partial charge >= 0.3 is 0 Å². The van der Waals surface area contributed by atoms with Crippen LogP contribution in [-0.4, -0.2) is 55.5 Å². The Morgan fingerprint density at radius 1 is 1.25 bits per heavy atom. The number of furan rings is 1. The van der Waals surface area contributed by atoms with Crippen LogP contribution in [-0.2, 0) is 11.3 Å². The van der Waals surface area contributed by atoms with E-state index in [4.69, 9.17) is 9.41 Å². The van der Waals surface area contributed by atoms with Gasteiger partial charge in [-0.2, -0.15) is 0 Å². The van der Waals surface area contributed by atoms with Crippen LogP contribution in [0.4, 0.5) is 0 Å². The van der Waals surface area contributed by atoms with Crippen LogP contribution in [0.1, 0.15) is 50.2 Å². The molecule has 0 aliphatic carbocycles. The van der Waals surface area contributed by atoms with Crippen LogP contribution < -0.4 is 16.0 Å². The van der Waals surface area contributed by atoms with Crippen molar-refractivity contribution in [1.82, 2.24) is 20.9 Å². The van der Waals surface area contributed by atoms with Gasteiger partial charge in [0.15, 0.2) is 5.96 Å². The number of amides is 1. The lowest BCUT2D eigenvalue weighted by atomic mass is 10.1. The van der Waals surface area contributed by atoms with Crippen LogP contribution in [0, 0.1) is 13.8 Å². The van der Waals surface area contributed by atoms with E-state index in [0.717, 1.165) is 68.5 Å². The minimum atomic E-state index is 0. The Hall–Kier alpha value is -1.29. The quantitative estimate of drug-likeness (QED) is 0.288. The van der Waals surface area contributed by atoms with Crippen molar-refractivity contribution in [2.45, 2.75) is 59.5 Å². The molecule has 0 saturated carbocycles. The van der Waals surface area contributed by atoms with Gasteiger partial charge in [-0.1, -0.05) is 6.92 Å². The highest BCUT2D eigenvalue weighted by atomic mass is 127. The lowest BCUT2D eigenvalue weighted by Crippen LogP contribution is -2.50. The van der Waals surface area contributed by atoms with Crippen LogP contribution >= 0.6 is 24.0 Å². The molecular weight excluding hydrogens is 469 g/mol. The number of likely N-dealkylation sites (tertiary alicyclic amines) is 1. The van der Waals surface area contributed by atoms with Crippen molar-refractivity contribution in [2.75, 3.05) is 32.7 Å². The molecule has 1 amide bonds. The zero-order valence-electron chi connectivity index (χ0n) is 17.6. The molecule has 1 aromatic rings. The summed E-state index contributed by atoms with van der Waals surface area (Å²) in [6.07, 6.45) is 2.99.